The fourth-order valence-corrected chi connectivity index (χ4v) is 2.81. The average molecular weight is 200 g/mol. The largest absolute Gasteiger partial charge is 0.313 e. The van der Waals surface area contributed by atoms with Gasteiger partial charge >= 0.3 is 0 Å². The van der Waals surface area contributed by atoms with E-state index >= 15 is 0 Å². The Morgan fingerprint density at radius 1 is 0.929 bits per heavy atom. The molecule has 2 heteroatoms. The van der Waals surface area contributed by atoms with Crippen molar-refractivity contribution in [3.63, 3.8) is 0 Å². The van der Waals surface area contributed by atoms with Gasteiger partial charge in [-0.1, -0.05) is 41.0 Å². The summed E-state index contributed by atoms with van der Waals surface area (Å²) in [7, 11) is 0. The summed E-state index contributed by atoms with van der Waals surface area (Å²) < 4.78 is 0. The van der Waals surface area contributed by atoms with E-state index in [0.29, 0.717) is 5.92 Å². The van der Waals surface area contributed by atoms with Crippen LogP contribution in [0.4, 0.5) is 0 Å². The molecule has 0 saturated carbocycles. The van der Waals surface area contributed by atoms with Crippen LogP contribution < -0.4 is 11.5 Å². The first-order valence-corrected chi connectivity index (χ1v) is 5.99. The fourth-order valence-electron chi connectivity index (χ4n) is 2.81. The Morgan fingerprint density at radius 3 is 1.57 bits per heavy atom. The first-order chi connectivity index (χ1) is 6.41. The predicted octanol–water partition coefficient (Wildman–Crippen LogP) is 2.86. The molecule has 0 radical (unpaired) electrons. The number of hydrogen-bond acceptors (Lipinski definition) is 2. The standard InChI is InChI=1S/C12H28N2/c1-6-10(5)11(7-2,8-3)12(13,14)9-4/h10H,6-9,13-14H2,1-5H3. The van der Waals surface area contributed by atoms with Crippen LogP contribution in [0.1, 0.15) is 60.3 Å². The highest BCUT2D eigenvalue weighted by molar-refractivity contribution is 4.98. The van der Waals surface area contributed by atoms with Crippen LogP contribution in [-0.2, 0) is 0 Å². The van der Waals surface area contributed by atoms with Crippen molar-refractivity contribution in [2.45, 2.75) is 66.0 Å². The highest BCUT2D eigenvalue weighted by atomic mass is 15.0. The molecule has 0 aliphatic carbocycles. The molecule has 0 aromatic heterocycles. The Morgan fingerprint density at radius 2 is 1.36 bits per heavy atom. The van der Waals surface area contributed by atoms with Crippen molar-refractivity contribution in [1.29, 1.82) is 0 Å². The third-order valence-electron chi connectivity index (χ3n) is 4.33. The van der Waals surface area contributed by atoms with Gasteiger partial charge < -0.3 is 11.5 Å². The smallest absolute Gasteiger partial charge is 0.0694 e. The average Bonchev–Trinajstić information content (AvgIpc) is 2.19. The number of rotatable bonds is 6. The van der Waals surface area contributed by atoms with Gasteiger partial charge in [-0.2, -0.15) is 0 Å². The van der Waals surface area contributed by atoms with Gasteiger partial charge in [-0.15, -0.1) is 0 Å². The number of nitrogens with two attached hydrogens (primary N) is 2. The fraction of sp³-hybridized carbons (Fsp3) is 1.00. The zero-order valence-electron chi connectivity index (χ0n) is 10.6. The maximum Gasteiger partial charge on any atom is 0.0694 e. The first-order valence-electron chi connectivity index (χ1n) is 5.99. The summed E-state index contributed by atoms with van der Waals surface area (Å²) in [5.74, 6) is 0.590. The van der Waals surface area contributed by atoms with Crippen LogP contribution in [0, 0.1) is 11.3 Å². The van der Waals surface area contributed by atoms with Gasteiger partial charge in [0.2, 0.25) is 0 Å². The van der Waals surface area contributed by atoms with Gasteiger partial charge in [0.15, 0.2) is 0 Å². The van der Waals surface area contributed by atoms with E-state index < -0.39 is 5.66 Å². The minimum absolute atomic E-state index is 0.0938. The highest BCUT2D eigenvalue weighted by Crippen LogP contribution is 2.44. The molecule has 0 aliphatic rings. The molecule has 1 unspecified atom stereocenters. The summed E-state index contributed by atoms with van der Waals surface area (Å²) in [5.41, 5.74) is 12.1. The summed E-state index contributed by atoms with van der Waals surface area (Å²) in [6.45, 7) is 11.0. The van der Waals surface area contributed by atoms with Gasteiger partial charge in [-0.05, 0) is 25.2 Å². The topological polar surface area (TPSA) is 52.0 Å². The van der Waals surface area contributed by atoms with E-state index in [1.807, 2.05) is 0 Å². The van der Waals surface area contributed by atoms with Gasteiger partial charge in [-0.3, -0.25) is 0 Å². The van der Waals surface area contributed by atoms with Crippen LogP contribution >= 0.6 is 0 Å². The zero-order chi connectivity index (χ0) is 11.4. The SMILES string of the molecule is CCC(C)C(CC)(CC)C(N)(N)CC. The first kappa shape index (κ1) is 13.9. The molecule has 86 valence electrons. The Balaban J connectivity index is 5.05. The summed E-state index contributed by atoms with van der Waals surface area (Å²) in [4.78, 5) is 0. The highest BCUT2D eigenvalue weighted by Gasteiger charge is 2.45. The Kier molecular flexibility index (Phi) is 5.10. The molecule has 0 heterocycles. The van der Waals surface area contributed by atoms with Crippen molar-refractivity contribution in [3.8, 4) is 0 Å². The quantitative estimate of drug-likeness (QED) is 0.648. The molecule has 0 fully saturated rings. The summed E-state index contributed by atoms with van der Waals surface area (Å²) >= 11 is 0. The number of hydrogen-bond donors (Lipinski definition) is 2. The third-order valence-corrected chi connectivity index (χ3v) is 4.33. The molecule has 0 amide bonds. The van der Waals surface area contributed by atoms with E-state index in [1.54, 1.807) is 0 Å². The van der Waals surface area contributed by atoms with E-state index in [0.717, 1.165) is 25.7 Å². The molecule has 0 saturated heterocycles. The monoisotopic (exact) mass is 200 g/mol. The minimum Gasteiger partial charge on any atom is -0.313 e. The predicted molar refractivity (Wildman–Crippen MR) is 63.9 cm³/mol. The van der Waals surface area contributed by atoms with Crippen LogP contribution in [-0.4, -0.2) is 5.66 Å². The van der Waals surface area contributed by atoms with Gasteiger partial charge in [0.1, 0.15) is 0 Å². The van der Waals surface area contributed by atoms with E-state index in [9.17, 15) is 0 Å². The summed E-state index contributed by atoms with van der Waals surface area (Å²) in [5, 5.41) is 0. The van der Waals surface area contributed by atoms with Crippen molar-refractivity contribution >= 4 is 0 Å². The lowest BCUT2D eigenvalue weighted by molar-refractivity contribution is 0.0377. The second-order valence-corrected chi connectivity index (χ2v) is 4.57. The van der Waals surface area contributed by atoms with E-state index in [4.69, 9.17) is 11.5 Å². The molecular formula is C12H28N2. The van der Waals surface area contributed by atoms with Crippen LogP contribution in [0.15, 0.2) is 0 Å². The summed E-state index contributed by atoms with van der Waals surface area (Å²) in [6, 6.07) is 0. The van der Waals surface area contributed by atoms with Crippen LogP contribution in [0.5, 0.6) is 0 Å². The Labute approximate surface area is 89.4 Å². The molecule has 0 aromatic carbocycles. The maximum atomic E-state index is 6.27. The van der Waals surface area contributed by atoms with Crippen molar-refractivity contribution in [1.82, 2.24) is 0 Å². The summed E-state index contributed by atoms with van der Waals surface area (Å²) in [6.07, 6.45) is 4.13. The molecular weight excluding hydrogens is 172 g/mol. The van der Waals surface area contributed by atoms with Gasteiger partial charge in [0, 0.05) is 5.41 Å². The molecule has 1 atom stereocenters. The van der Waals surface area contributed by atoms with E-state index in [2.05, 4.69) is 34.6 Å². The molecule has 0 spiro atoms. The lowest BCUT2D eigenvalue weighted by Crippen LogP contribution is -2.64. The molecule has 0 bridgehead atoms. The van der Waals surface area contributed by atoms with Gasteiger partial charge in [0.05, 0.1) is 5.66 Å². The van der Waals surface area contributed by atoms with E-state index in [-0.39, 0.29) is 5.41 Å². The van der Waals surface area contributed by atoms with Crippen molar-refractivity contribution in [2.75, 3.05) is 0 Å². The minimum atomic E-state index is -0.522. The second-order valence-electron chi connectivity index (χ2n) is 4.57. The molecule has 14 heavy (non-hydrogen) atoms. The van der Waals surface area contributed by atoms with Crippen molar-refractivity contribution in [3.05, 3.63) is 0 Å². The van der Waals surface area contributed by atoms with Gasteiger partial charge in [-0.25, -0.2) is 0 Å². The van der Waals surface area contributed by atoms with Crippen molar-refractivity contribution < 1.29 is 0 Å². The second kappa shape index (κ2) is 5.13. The Hall–Kier alpha value is -0.0800. The maximum absolute atomic E-state index is 6.27. The zero-order valence-corrected chi connectivity index (χ0v) is 10.6. The molecule has 0 rings (SSSR count). The molecule has 4 N–H and O–H groups in total. The lowest BCUT2D eigenvalue weighted by atomic mass is 9.62. The van der Waals surface area contributed by atoms with E-state index in [1.165, 1.54) is 0 Å². The normalized spacial score (nSPS) is 15.6. The lowest BCUT2D eigenvalue weighted by Gasteiger charge is -2.49. The molecule has 0 aliphatic heterocycles. The molecule has 2 nitrogen and oxygen atoms in total. The van der Waals surface area contributed by atoms with Crippen LogP contribution in [0.3, 0.4) is 0 Å². The van der Waals surface area contributed by atoms with Crippen LogP contribution in [0.25, 0.3) is 0 Å². The Bertz CT molecular complexity index is 160. The van der Waals surface area contributed by atoms with Crippen molar-refractivity contribution in [2.24, 2.45) is 22.8 Å². The molecule has 0 aromatic rings. The van der Waals surface area contributed by atoms with Crippen LogP contribution in [0.2, 0.25) is 0 Å². The van der Waals surface area contributed by atoms with Gasteiger partial charge in [0.25, 0.3) is 0 Å². The third kappa shape index (κ3) is 2.12.